The summed E-state index contributed by atoms with van der Waals surface area (Å²) in [4.78, 5) is 3.99. The molecule has 0 aromatic carbocycles. The molecule has 114 valence electrons. The molecule has 2 N–H and O–H groups in total. The van der Waals surface area contributed by atoms with E-state index in [9.17, 15) is 13.2 Å². The third-order valence-electron chi connectivity index (χ3n) is 2.64. The first-order chi connectivity index (χ1) is 8.70. The predicted molar refractivity (Wildman–Crippen MR) is 70.4 cm³/mol. The summed E-state index contributed by atoms with van der Waals surface area (Å²) in [5, 5.41) is 6.03. The summed E-state index contributed by atoms with van der Waals surface area (Å²) in [6.07, 6.45) is -4.23. The first-order valence-corrected chi connectivity index (χ1v) is 6.26. The number of guanidine groups is 1. The van der Waals surface area contributed by atoms with E-state index in [4.69, 9.17) is 4.74 Å². The van der Waals surface area contributed by atoms with Crippen molar-refractivity contribution in [2.24, 2.45) is 4.99 Å². The fourth-order valence-electron chi connectivity index (χ4n) is 1.25. The molecule has 0 atom stereocenters. The van der Waals surface area contributed by atoms with E-state index < -0.39 is 12.6 Å². The van der Waals surface area contributed by atoms with Gasteiger partial charge in [-0.1, -0.05) is 0 Å². The van der Waals surface area contributed by atoms with Crippen LogP contribution in [0.2, 0.25) is 0 Å². The van der Waals surface area contributed by atoms with Gasteiger partial charge in [-0.25, -0.2) is 0 Å². The minimum atomic E-state index is -4.07. The largest absolute Gasteiger partial charge is 0.389 e. The fourth-order valence-corrected chi connectivity index (χ4v) is 1.25. The molecule has 0 aromatic heterocycles. The lowest BCUT2D eigenvalue weighted by Gasteiger charge is -2.24. The van der Waals surface area contributed by atoms with E-state index in [1.165, 1.54) is 0 Å². The van der Waals surface area contributed by atoms with Gasteiger partial charge in [-0.15, -0.1) is 0 Å². The lowest BCUT2D eigenvalue weighted by atomic mass is 10.1. The van der Waals surface area contributed by atoms with Crippen molar-refractivity contribution >= 4 is 5.96 Å². The topological polar surface area (TPSA) is 45.7 Å². The van der Waals surface area contributed by atoms with Gasteiger partial charge in [-0.2, -0.15) is 13.2 Å². The molecule has 0 saturated carbocycles. The second kappa shape index (κ2) is 8.24. The summed E-state index contributed by atoms with van der Waals surface area (Å²) < 4.78 is 41.0. The number of ether oxygens (including phenoxy) is 1. The van der Waals surface area contributed by atoms with Crippen LogP contribution in [0.3, 0.4) is 0 Å². The second-order valence-electron chi connectivity index (χ2n) is 4.89. The van der Waals surface area contributed by atoms with Crippen molar-refractivity contribution in [1.82, 2.24) is 10.6 Å². The summed E-state index contributed by atoms with van der Waals surface area (Å²) in [6, 6.07) is 0. The van der Waals surface area contributed by atoms with E-state index >= 15 is 0 Å². The van der Waals surface area contributed by atoms with Crippen molar-refractivity contribution in [3.8, 4) is 0 Å². The number of halogens is 3. The molecule has 0 spiro atoms. The first-order valence-electron chi connectivity index (χ1n) is 6.26. The Morgan fingerprint density at radius 2 is 1.79 bits per heavy atom. The number of nitrogens with one attached hydrogen (secondary N) is 2. The maximum atomic E-state index is 11.9. The van der Waals surface area contributed by atoms with Gasteiger partial charge >= 0.3 is 6.18 Å². The van der Waals surface area contributed by atoms with Gasteiger partial charge in [0.15, 0.2) is 5.96 Å². The molecule has 0 saturated heterocycles. The number of methoxy groups -OCH3 is 1. The molecule has 0 radical (unpaired) electrons. The molecule has 4 nitrogen and oxygen atoms in total. The number of nitrogens with zero attached hydrogens (tertiary/aromatic N) is 1. The van der Waals surface area contributed by atoms with Crippen LogP contribution in [0, 0.1) is 0 Å². The maximum Gasteiger partial charge on any atom is 0.389 e. The number of alkyl halides is 3. The second-order valence-corrected chi connectivity index (χ2v) is 4.89. The Labute approximate surface area is 112 Å². The quantitative estimate of drug-likeness (QED) is 0.428. The summed E-state index contributed by atoms with van der Waals surface area (Å²) in [5.74, 6) is 0.567. The van der Waals surface area contributed by atoms with E-state index in [1.54, 1.807) is 14.2 Å². The summed E-state index contributed by atoms with van der Waals surface area (Å²) in [5.41, 5.74) is -0.325. The molecule has 0 rings (SSSR count). The Bertz CT molecular complexity index is 278. The Hall–Kier alpha value is -0.980. The highest BCUT2D eigenvalue weighted by molar-refractivity contribution is 5.79. The van der Waals surface area contributed by atoms with Gasteiger partial charge < -0.3 is 15.4 Å². The van der Waals surface area contributed by atoms with Crippen molar-refractivity contribution in [1.29, 1.82) is 0 Å². The van der Waals surface area contributed by atoms with E-state index in [2.05, 4.69) is 15.6 Å². The predicted octanol–water partition coefficient (Wildman–Crippen LogP) is 2.31. The molecule has 0 unspecified atom stereocenters. The smallest absolute Gasteiger partial charge is 0.377 e. The van der Waals surface area contributed by atoms with Gasteiger partial charge in [0.1, 0.15) is 0 Å². The third-order valence-corrected chi connectivity index (χ3v) is 2.64. The number of hydrogen-bond acceptors (Lipinski definition) is 2. The molecule has 0 amide bonds. The van der Waals surface area contributed by atoms with Crippen molar-refractivity contribution in [3.63, 3.8) is 0 Å². The maximum absolute atomic E-state index is 11.9. The molecule has 0 aromatic rings. The van der Waals surface area contributed by atoms with Gasteiger partial charge in [0, 0.05) is 33.7 Å². The average Bonchev–Trinajstić information content (AvgIpc) is 2.31. The van der Waals surface area contributed by atoms with Crippen LogP contribution in [0.5, 0.6) is 0 Å². The third kappa shape index (κ3) is 10.6. The van der Waals surface area contributed by atoms with Crippen LogP contribution in [0.4, 0.5) is 13.2 Å². The van der Waals surface area contributed by atoms with Crippen LogP contribution in [0.1, 0.15) is 33.1 Å². The highest BCUT2D eigenvalue weighted by Crippen LogP contribution is 2.21. The van der Waals surface area contributed by atoms with Crippen LogP contribution in [0.15, 0.2) is 4.99 Å². The Morgan fingerprint density at radius 1 is 1.16 bits per heavy atom. The zero-order valence-corrected chi connectivity index (χ0v) is 12.0. The van der Waals surface area contributed by atoms with Crippen molar-refractivity contribution in [2.45, 2.75) is 44.9 Å². The molecule has 0 bridgehead atoms. The van der Waals surface area contributed by atoms with Crippen LogP contribution in [-0.4, -0.2) is 45.0 Å². The van der Waals surface area contributed by atoms with Crippen LogP contribution in [-0.2, 0) is 4.74 Å². The Kier molecular flexibility index (Phi) is 7.82. The lowest BCUT2D eigenvalue weighted by Crippen LogP contribution is -2.45. The van der Waals surface area contributed by atoms with Crippen molar-refractivity contribution in [2.75, 3.05) is 27.2 Å². The normalized spacial score (nSPS) is 13.5. The van der Waals surface area contributed by atoms with Gasteiger partial charge in [-0.3, -0.25) is 4.99 Å². The van der Waals surface area contributed by atoms with E-state index in [0.29, 0.717) is 25.5 Å². The van der Waals surface area contributed by atoms with E-state index in [0.717, 1.165) is 0 Å². The van der Waals surface area contributed by atoms with Gasteiger partial charge in [0.05, 0.1) is 5.60 Å². The molecule has 0 aliphatic carbocycles. The van der Waals surface area contributed by atoms with E-state index in [-0.39, 0.29) is 12.0 Å². The van der Waals surface area contributed by atoms with E-state index in [1.807, 2.05) is 13.8 Å². The highest BCUT2D eigenvalue weighted by atomic mass is 19.4. The Morgan fingerprint density at radius 3 is 2.26 bits per heavy atom. The number of hydrogen-bond donors (Lipinski definition) is 2. The molecule has 7 heteroatoms. The zero-order valence-electron chi connectivity index (χ0n) is 12.0. The number of aliphatic imine (C=N–C) groups is 1. The Balaban J connectivity index is 3.79. The van der Waals surface area contributed by atoms with Crippen molar-refractivity contribution in [3.05, 3.63) is 0 Å². The van der Waals surface area contributed by atoms with Crippen molar-refractivity contribution < 1.29 is 17.9 Å². The van der Waals surface area contributed by atoms with Gasteiger partial charge in [-0.05, 0) is 26.7 Å². The molecule has 0 aliphatic rings. The standard InChI is InChI=1S/C12H24F3N3O/c1-11(2,19-4)9-18-10(16-3)17-8-6-5-7-12(13,14)15/h5-9H2,1-4H3,(H2,16,17,18). The first kappa shape index (κ1) is 18.0. The summed E-state index contributed by atoms with van der Waals surface area (Å²) in [7, 11) is 3.24. The monoisotopic (exact) mass is 283 g/mol. The van der Waals surface area contributed by atoms with Gasteiger partial charge in [0.2, 0.25) is 0 Å². The van der Waals surface area contributed by atoms with Crippen LogP contribution >= 0.6 is 0 Å². The minimum Gasteiger partial charge on any atom is -0.377 e. The summed E-state index contributed by atoms with van der Waals surface area (Å²) >= 11 is 0. The number of rotatable bonds is 7. The SMILES string of the molecule is CN=C(NCCCCC(F)(F)F)NCC(C)(C)OC. The molecular formula is C12H24F3N3O. The molecule has 0 fully saturated rings. The minimum absolute atomic E-state index is 0.122. The average molecular weight is 283 g/mol. The molecule has 0 heterocycles. The van der Waals surface area contributed by atoms with Crippen LogP contribution < -0.4 is 10.6 Å². The van der Waals surface area contributed by atoms with Gasteiger partial charge in [0.25, 0.3) is 0 Å². The summed E-state index contributed by atoms with van der Waals surface area (Å²) in [6.45, 7) is 4.88. The fraction of sp³-hybridized carbons (Fsp3) is 0.917. The van der Waals surface area contributed by atoms with Crippen LogP contribution in [0.25, 0.3) is 0 Å². The zero-order chi connectivity index (χ0) is 14.9. The molecular weight excluding hydrogens is 259 g/mol. The lowest BCUT2D eigenvalue weighted by molar-refractivity contribution is -0.135. The molecule has 19 heavy (non-hydrogen) atoms. The molecule has 0 aliphatic heterocycles. The highest BCUT2D eigenvalue weighted by Gasteiger charge is 2.25. The number of unbranched alkanes of at least 4 members (excludes halogenated alkanes) is 1.